The highest BCUT2D eigenvalue weighted by atomic mass is 16.5. The molecule has 0 aliphatic carbocycles. The molecule has 0 saturated carbocycles. The Morgan fingerprint density at radius 3 is 1.97 bits per heavy atom. The Bertz CT molecular complexity index is 1380. The number of aliphatic hydroxyl groups excluding tert-OH is 1. The van der Waals surface area contributed by atoms with E-state index in [1.165, 1.54) is 4.90 Å². The Balaban J connectivity index is 1.94. The number of rotatable bonds is 11. The van der Waals surface area contributed by atoms with Crippen LogP contribution in [0.15, 0.2) is 72.3 Å². The van der Waals surface area contributed by atoms with Gasteiger partial charge in [0.2, 0.25) is 0 Å². The van der Waals surface area contributed by atoms with E-state index in [0.717, 1.165) is 0 Å². The monoisotopic (exact) mass is 531 g/mol. The van der Waals surface area contributed by atoms with Crippen LogP contribution in [-0.4, -0.2) is 43.2 Å². The van der Waals surface area contributed by atoms with Crippen molar-refractivity contribution in [3.05, 3.63) is 83.4 Å². The normalized spacial score (nSPS) is 16.3. The van der Waals surface area contributed by atoms with E-state index in [9.17, 15) is 14.7 Å². The third-order valence-electron chi connectivity index (χ3n) is 6.16. The third kappa shape index (κ3) is 5.70. The van der Waals surface area contributed by atoms with Gasteiger partial charge >= 0.3 is 0 Å². The van der Waals surface area contributed by atoms with Gasteiger partial charge in [-0.25, -0.2) is 0 Å². The number of anilines is 1. The zero-order valence-corrected chi connectivity index (χ0v) is 22.6. The maximum atomic E-state index is 13.6. The van der Waals surface area contributed by atoms with Gasteiger partial charge in [0, 0.05) is 17.8 Å². The summed E-state index contributed by atoms with van der Waals surface area (Å²) in [6, 6.07) is 18.2. The van der Waals surface area contributed by atoms with Crippen molar-refractivity contribution in [2.75, 3.05) is 31.3 Å². The lowest BCUT2D eigenvalue weighted by atomic mass is 9.94. The predicted octanol–water partition coefficient (Wildman–Crippen LogP) is 5.91. The zero-order valence-electron chi connectivity index (χ0n) is 22.6. The molecule has 3 aromatic rings. The minimum atomic E-state index is -0.927. The molecule has 1 N–H and O–H groups in total. The molecule has 0 radical (unpaired) electrons. The molecule has 1 heterocycles. The molecule has 1 aliphatic rings. The number of ketones is 1. The summed E-state index contributed by atoms with van der Waals surface area (Å²) in [7, 11) is 0. The van der Waals surface area contributed by atoms with Gasteiger partial charge in [0.15, 0.2) is 0 Å². The number of amides is 1. The van der Waals surface area contributed by atoms with E-state index in [1.807, 2.05) is 27.7 Å². The quantitative estimate of drug-likeness (QED) is 0.187. The summed E-state index contributed by atoms with van der Waals surface area (Å²) in [5, 5.41) is 11.6. The standard InChI is InChI=1S/C31H33NO7/c1-5-36-22-13-9-11-20(17-22)28-27(29(33)25-16-15-24(38-7-3)19-26(25)39-8-4)30(34)31(35)32(28)21-12-10-14-23(18-21)37-6-2/h9-19,28,33H,5-8H2,1-4H3/b29-27+. The first-order valence-corrected chi connectivity index (χ1v) is 13.1. The lowest BCUT2D eigenvalue weighted by Gasteiger charge is -2.26. The minimum Gasteiger partial charge on any atom is -0.507 e. The first-order chi connectivity index (χ1) is 18.9. The zero-order chi connectivity index (χ0) is 27.9. The molecule has 0 aromatic heterocycles. The summed E-state index contributed by atoms with van der Waals surface area (Å²) in [4.78, 5) is 28.6. The van der Waals surface area contributed by atoms with Crippen molar-refractivity contribution in [2.24, 2.45) is 0 Å². The van der Waals surface area contributed by atoms with E-state index < -0.39 is 17.7 Å². The van der Waals surface area contributed by atoms with E-state index in [-0.39, 0.29) is 16.9 Å². The van der Waals surface area contributed by atoms with Crippen molar-refractivity contribution in [2.45, 2.75) is 33.7 Å². The summed E-state index contributed by atoms with van der Waals surface area (Å²) in [6.07, 6.45) is 0. The average molecular weight is 532 g/mol. The summed E-state index contributed by atoms with van der Waals surface area (Å²) in [5.74, 6) is 0.135. The second-order valence-electron chi connectivity index (χ2n) is 8.63. The van der Waals surface area contributed by atoms with Gasteiger partial charge in [0.05, 0.1) is 43.6 Å². The number of hydrogen-bond acceptors (Lipinski definition) is 7. The molecule has 39 heavy (non-hydrogen) atoms. The van der Waals surface area contributed by atoms with Crippen LogP contribution in [0.4, 0.5) is 5.69 Å². The molecule has 1 amide bonds. The highest BCUT2D eigenvalue weighted by Crippen LogP contribution is 2.44. The average Bonchev–Trinajstić information content (AvgIpc) is 3.20. The Labute approximate surface area is 228 Å². The molecule has 1 aliphatic heterocycles. The largest absolute Gasteiger partial charge is 0.507 e. The number of benzene rings is 3. The van der Waals surface area contributed by atoms with Gasteiger partial charge in [-0.05, 0) is 69.7 Å². The molecular formula is C31H33NO7. The van der Waals surface area contributed by atoms with Gasteiger partial charge in [-0.2, -0.15) is 0 Å². The molecule has 1 saturated heterocycles. The van der Waals surface area contributed by atoms with Crippen LogP contribution < -0.4 is 23.8 Å². The molecule has 1 fully saturated rings. The summed E-state index contributed by atoms with van der Waals surface area (Å²) >= 11 is 0. The SMILES string of the molecule is CCOc1cccc(C2/C(=C(\O)c3ccc(OCC)cc3OCC)C(=O)C(=O)N2c2cccc(OCC)c2)c1. The fourth-order valence-corrected chi connectivity index (χ4v) is 4.62. The van der Waals surface area contributed by atoms with Gasteiger partial charge in [0.25, 0.3) is 11.7 Å². The Hall–Kier alpha value is -4.46. The van der Waals surface area contributed by atoms with Crippen LogP contribution in [-0.2, 0) is 9.59 Å². The Morgan fingerprint density at radius 2 is 1.33 bits per heavy atom. The lowest BCUT2D eigenvalue weighted by molar-refractivity contribution is -0.132. The van der Waals surface area contributed by atoms with Crippen LogP contribution in [0.3, 0.4) is 0 Å². The van der Waals surface area contributed by atoms with E-state index >= 15 is 0 Å². The molecule has 1 unspecified atom stereocenters. The molecule has 0 spiro atoms. The van der Waals surface area contributed by atoms with E-state index in [4.69, 9.17) is 18.9 Å². The van der Waals surface area contributed by atoms with Crippen LogP contribution in [0.25, 0.3) is 5.76 Å². The first kappa shape index (κ1) is 27.6. The molecule has 3 aromatic carbocycles. The molecule has 204 valence electrons. The molecule has 4 rings (SSSR count). The topological polar surface area (TPSA) is 94.5 Å². The summed E-state index contributed by atoms with van der Waals surface area (Å²) < 4.78 is 22.7. The number of Topliss-reactive ketones (excluding diaryl/α,β-unsaturated/α-hetero) is 1. The minimum absolute atomic E-state index is 0.0550. The van der Waals surface area contributed by atoms with Crippen molar-refractivity contribution >= 4 is 23.1 Å². The lowest BCUT2D eigenvalue weighted by Crippen LogP contribution is -2.29. The fraction of sp³-hybridized carbons (Fsp3) is 0.290. The smallest absolute Gasteiger partial charge is 0.300 e. The summed E-state index contributed by atoms with van der Waals surface area (Å²) in [6.45, 7) is 9.11. The Kier molecular flexibility index (Phi) is 8.76. The molecule has 8 heteroatoms. The van der Waals surface area contributed by atoms with Gasteiger partial charge in [-0.15, -0.1) is 0 Å². The van der Waals surface area contributed by atoms with Crippen LogP contribution in [0.5, 0.6) is 23.0 Å². The highest BCUT2D eigenvalue weighted by Gasteiger charge is 2.47. The molecule has 1 atom stereocenters. The Morgan fingerprint density at radius 1 is 0.744 bits per heavy atom. The van der Waals surface area contributed by atoms with Crippen molar-refractivity contribution in [3.63, 3.8) is 0 Å². The van der Waals surface area contributed by atoms with Crippen molar-refractivity contribution in [3.8, 4) is 23.0 Å². The van der Waals surface area contributed by atoms with Crippen molar-refractivity contribution in [1.29, 1.82) is 0 Å². The number of carbonyl (C=O) groups excluding carboxylic acids is 2. The number of ether oxygens (including phenoxy) is 4. The van der Waals surface area contributed by atoms with Gasteiger partial charge < -0.3 is 24.1 Å². The highest BCUT2D eigenvalue weighted by molar-refractivity contribution is 6.51. The van der Waals surface area contributed by atoms with Gasteiger partial charge in [0.1, 0.15) is 28.8 Å². The van der Waals surface area contributed by atoms with Crippen molar-refractivity contribution in [1.82, 2.24) is 0 Å². The predicted molar refractivity (Wildman–Crippen MR) is 149 cm³/mol. The second-order valence-corrected chi connectivity index (χ2v) is 8.63. The van der Waals surface area contributed by atoms with Crippen molar-refractivity contribution < 1.29 is 33.6 Å². The fourth-order valence-electron chi connectivity index (χ4n) is 4.62. The molecule has 8 nitrogen and oxygen atoms in total. The maximum Gasteiger partial charge on any atom is 0.300 e. The van der Waals surface area contributed by atoms with Crippen LogP contribution >= 0.6 is 0 Å². The summed E-state index contributed by atoms with van der Waals surface area (Å²) in [5.41, 5.74) is 1.30. The van der Waals surface area contributed by atoms with E-state index in [1.54, 1.807) is 66.7 Å². The van der Waals surface area contributed by atoms with Crippen LogP contribution in [0.1, 0.15) is 44.9 Å². The number of hydrogen-bond donors (Lipinski definition) is 1. The number of nitrogens with zero attached hydrogens (tertiary/aromatic N) is 1. The second kappa shape index (κ2) is 12.4. The van der Waals surface area contributed by atoms with Crippen LogP contribution in [0.2, 0.25) is 0 Å². The van der Waals surface area contributed by atoms with E-state index in [2.05, 4.69) is 0 Å². The molecular weight excluding hydrogens is 498 g/mol. The maximum absolute atomic E-state index is 13.6. The molecule has 0 bridgehead atoms. The van der Waals surface area contributed by atoms with Gasteiger partial charge in [-0.3, -0.25) is 14.5 Å². The van der Waals surface area contributed by atoms with Gasteiger partial charge in [-0.1, -0.05) is 18.2 Å². The van der Waals surface area contributed by atoms with E-state index in [0.29, 0.717) is 60.7 Å². The third-order valence-corrected chi connectivity index (χ3v) is 6.16. The number of aliphatic hydroxyl groups is 1. The first-order valence-electron chi connectivity index (χ1n) is 13.1. The number of carbonyl (C=O) groups is 2. The van der Waals surface area contributed by atoms with Crippen LogP contribution in [0, 0.1) is 0 Å².